The maximum atomic E-state index is 12.0. The fourth-order valence-electron chi connectivity index (χ4n) is 2.37. The minimum atomic E-state index is 0.302. The molecule has 0 atom stereocenters. The summed E-state index contributed by atoms with van der Waals surface area (Å²) in [4.78, 5) is 12.0. The Morgan fingerprint density at radius 2 is 2.00 bits per heavy atom. The van der Waals surface area contributed by atoms with Crippen LogP contribution < -0.4 is 0 Å². The van der Waals surface area contributed by atoms with Crippen LogP contribution in [0.3, 0.4) is 0 Å². The van der Waals surface area contributed by atoms with E-state index in [-0.39, 0.29) is 0 Å². The molecule has 2 nitrogen and oxygen atoms in total. The van der Waals surface area contributed by atoms with E-state index in [0.29, 0.717) is 11.7 Å². The van der Waals surface area contributed by atoms with Crippen molar-refractivity contribution >= 4 is 5.78 Å². The molecule has 0 saturated heterocycles. The number of carbonyl (C=O) groups excluding carboxylic acids is 1. The Bertz CT molecular complexity index is 237. The van der Waals surface area contributed by atoms with Crippen molar-refractivity contribution in [2.75, 3.05) is 6.61 Å². The van der Waals surface area contributed by atoms with Gasteiger partial charge in [-0.15, -0.1) is 0 Å². The lowest BCUT2D eigenvalue weighted by Crippen LogP contribution is -2.21. The van der Waals surface area contributed by atoms with Crippen LogP contribution in [0.2, 0.25) is 0 Å². The van der Waals surface area contributed by atoms with Gasteiger partial charge in [0.25, 0.3) is 0 Å². The van der Waals surface area contributed by atoms with Crippen molar-refractivity contribution in [1.29, 1.82) is 0 Å². The molecule has 78 valence electrons. The minimum absolute atomic E-state index is 0.302. The molecule has 2 heteroatoms. The second-order valence-corrected chi connectivity index (χ2v) is 4.32. The molecule has 0 unspecified atom stereocenters. The Kier molecular flexibility index (Phi) is 3.22. The quantitative estimate of drug-likeness (QED) is 0.675. The third-order valence-corrected chi connectivity index (χ3v) is 3.23. The van der Waals surface area contributed by atoms with E-state index in [1.54, 1.807) is 6.26 Å². The number of hydrogen-bond donors (Lipinski definition) is 0. The first-order valence-electron chi connectivity index (χ1n) is 5.73. The molecule has 1 heterocycles. The highest BCUT2D eigenvalue weighted by atomic mass is 16.5. The Balaban J connectivity index is 1.95. The Labute approximate surface area is 85.3 Å². The molecule has 0 N–H and O–H groups in total. The van der Waals surface area contributed by atoms with Crippen molar-refractivity contribution in [3.05, 3.63) is 11.8 Å². The molecule has 1 aliphatic carbocycles. The SMILES string of the molecule is O=C(C1=COCCC1)C1CCCCC1. The summed E-state index contributed by atoms with van der Waals surface area (Å²) in [6.45, 7) is 0.779. The Morgan fingerprint density at radius 1 is 1.21 bits per heavy atom. The van der Waals surface area contributed by atoms with Gasteiger partial charge in [-0.1, -0.05) is 19.3 Å². The number of allylic oxidation sites excluding steroid dienone is 1. The molecule has 0 amide bonds. The van der Waals surface area contributed by atoms with E-state index in [1.165, 1.54) is 19.3 Å². The topological polar surface area (TPSA) is 26.3 Å². The van der Waals surface area contributed by atoms with E-state index in [4.69, 9.17) is 4.74 Å². The van der Waals surface area contributed by atoms with Gasteiger partial charge < -0.3 is 4.74 Å². The van der Waals surface area contributed by atoms with E-state index in [0.717, 1.165) is 37.9 Å². The van der Waals surface area contributed by atoms with E-state index in [9.17, 15) is 4.79 Å². The van der Waals surface area contributed by atoms with Crippen LogP contribution in [0.4, 0.5) is 0 Å². The maximum absolute atomic E-state index is 12.0. The number of hydrogen-bond acceptors (Lipinski definition) is 2. The molecule has 1 aliphatic heterocycles. The molecule has 1 saturated carbocycles. The van der Waals surface area contributed by atoms with E-state index >= 15 is 0 Å². The van der Waals surface area contributed by atoms with Gasteiger partial charge in [-0.25, -0.2) is 0 Å². The van der Waals surface area contributed by atoms with Crippen LogP contribution in [0.5, 0.6) is 0 Å². The van der Waals surface area contributed by atoms with Crippen LogP contribution in [0, 0.1) is 5.92 Å². The largest absolute Gasteiger partial charge is 0.501 e. The smallest absolute Gasteiger partial charge is 0.164 e. The van der Waals surface area contributed by atoms with Gasteiger partial charge in [0.1, 0.15) is 0 Å². The van der Waals surface area contributed by atoms with Gasteiger partial charge in [-0.2, -0.15) is 0 Å². The summed E-state index contributed by atoms with van der Waals surface area (Å²) in [5.41, 5.74) is 0.933. The fraction of sp³-hybridized carbons (Fsp3) is 0.750. The molecular formula is C12H18O2. The highest BCUT2D eigenvalue weighted by Crippen LogP contribution is 2.28. The maximum Gasteiger partial charge on any atom is 0.164 e. The lowest BCUT2D eigenvalue weighted by atomic mass is 9.83. The first-order chi connectivity index (χ1) is 6.88. The van der Waals surface area contributed by atoms with Gasteiger partial charge >= 0.3 is 0 Å². The molecular weight excluding hydrogens is 176 g/mol. The molecule has 0 spiro atoms. The van der Waals surface area contributed by atoms with Crippen LogP contribution in [-0.4, -0.2) is 12.4 Å². The number of Topliss-reactive ketones (excluding diaryl/α,β-unsaturated/α-hetero) is 1. The summed E-state index contributed by atoms with van der Waals surface area (Å²) in [7, 11) is 0. The van der Waals surface area contributed by atoms with Gasteiger partial charge in [0, 0.05) is 11.5 Å². The normalized spacial score (nSPS) is 23.9. The Hall–Kier alpha value is -0.790. The Morgan fingerprint density at radius 3 is 2.64 bits per heavy atom. The predicted octanol–water partition coefficient (Wildman–Crippen LogP) is 2.83. The zero-order valence-electron chi connectivity index (χ0n) is 8.63. The monoisotopic (exact) mass is 194 g/mol. The molecule has 0 aromatic heterocycles. The van der Waals surface area contributed by atoms with Crippen LogP contribution in [0.1, 0.15) is 44.9 Å². The lowest BCUT2D eigenvalue weighted by Gasteiger charge is -2.22. The standard InChI is InChI=1S/C12H18O2/c13-12(10-5-2-1-3-6-10)11-7-4-8-14-9-11/h9-10H,1-8H2. The van der Waals surface area contributed by atoms with Crippen molar-refractivity contribution in [3.8, 4) is 0 Å². The van der Waals surface area contributed by atoms with Crippen molar-refractivity contribution in [2.45, 2.75) is 44.9 Å². The van der Waals surface area contributed by atoms with E-state index < -0.39 is 0 Å². The fourth-order valence-corrected chi connectivity index (χ4v) is 2.37. The van der Waals surface area contributed by atoms with Gasteiger partial charge in [0.05, 0.1) is 12.9 Å². The average molecular weight is 194 g/mol. The highest BCUT2D eigenvalue weighted by molar-refractivity contribution is 5.97. The number of carbonyl (C=O) groups is 1. The zero-order valence-corrected chi connectivity index (χ0v) is 8.63. The number of ether oxygens (including phenoxy) is 1. The van der Waals surface area contributed by atoms with Crippen LogP contribution in [0.15, 0.2) is 11.8 Å². The average Bonchev–Trinajstić information content (AvgIpc) is 2.30. The van der Waals surface area contributed by atoms with Gasteiger partial charge in [-0.3, -0.25) is 4.79 Å². The first-order valence-corrected chi connectivity index (χ1v) is 5.73. The highest BCUT2D eigenvalue weighted by Gasteiger charge is 2.24. The predicted molar refractivity (Wildman–Crippen MR) is 54.9 cm³/mol. The van der Waals surface area contributed by atoms with Crippen molar-refractivity contribution in [2.24, 2.45) is 5.92 Å². The van der Waals surface area contributed by atoms with Gasteiger partial charge in [0.2, 0.25) is 0 Å². The van der Waals surface area contributed by atoms with E-state index in [2.05, 4.69) is 0 Å². The van der Waals surface area contributed by atoms with Gasteiger partial charge in [0.15, 0.2) is 5.78 Å². The number of rotatable bonds is 2. The summed E-state index contributed by atoms with van der Waals surface area (Å²) in [5, 5.41) is 0. The second kappa shape index (κ2) is 4.63. The molecule has 0 bridgehead atoms. The molecule has 0 aromatic carbocycles. The first kappa shape index (κ1) is 9.75. The summed E-state index contributed by atoms with van der Waals surface area (Å²) in [5.74, 6) is 0.668. The summed E-state index contributed by atoms with van der Waals surface area (Å²) in [6, 6.07) is 0. The molecule has 2 aliphatic rings. The van der Waals surface area contributed by atoms with Crippen molar-refractivity contribution in [3.63, 3.8) is 0 Å². The molecule has 0 aromatic rings. The lowest BCUT2D eigenvalue weighted by molar-refractivity contribution is -0.120. The van der Waals surface area contributed by atoms with Crippen molar-refractivity contribution < 1.29 is 9.53 Å². The van der Waals surface area contributed by atoms with Crippen molar-refractivity contribution in [1.82, 2.24) is 0 Å². The summed E-state index contributed by atoms with van der Waals surface area (Å²) >= 11 is 0. The van der Waals surface area contributed by atoms with Crippen LogP contribution >= 0.6 is 0 Å². The number of ketones is 1. The van der Waals surface area contributed by atoms with Gasteiger partial charge in [-0.05, 0) is 25.7 Å². The third kappa shape index (κ3) is 2.17. The van der Waals surface area contributed by atoms with Crippen LogP contribution in [-0.2, 0) is 9.53 Å². The van der Waals surface area contributed by atoms with Crippen LogP contribution in [0.25, 0.3) is 0 Å². The third-order valence-electron chi connectivity index (χ3n) is 3.23. The molecule has 0 radical (unpaired) electrons. The summed E-state index contributed by atoms with van der Waals surface area (Å²) in [6.07, 6.45) is 9.57. The zero-order chi connectivity index (χ0) is 9.80. The molecule has 1 fully saturated rings. The minimum Gasteiger partial charge on any atom is -0.501 e. The second-order valence-electron chi connectivity index (χ2n) is 4.32. The summed E-state index contributed by atoms with van der Waals surface area (Å²) < 4.78 is 5.21. The molecule has 2 rings (SSSR count). The molecule has 14 heavy (non-hydrogen) atoms. The van der Waals surface area contributed by atoms with E-state index in [1.807, 2.05) is 0 Å².